The normalized spacial score (nSPS) is 24.4. The van der Waals surface area contributed by atoms with E-state index in [0.717, 1.165) is 18.0 Å². The molecular formula is C16H24N2O2S3. The third-order valence-corrected chi connectivity index (χ3v) is 7.71. The average molecular weight is 373 g/mol. The molecule has 1 aliphatic heterocycles. The van der Waals surface area contributed by atoms with Crippen molar-refractivity contribution in [3.05, 3.63) is 22.4 Å². The molecular weight excluding hydrogens is 348 g/mol. The van der Waals surface area contributed by atoms with E-state index in [1.807, 2.05) is 6.07 Å². The fourth-order valence-electron chi connectivity index (χ4n) is 3.46. The van der Waals surface area contributed by atoms with Crippen LogP contribution in [-0.2, 0) is 16.4 Å². The van der Waals surface area contributed by atoms with Crippen LogP contribution in [0, 0.1) is 0 Å². The summed E-state index contributed by atoms with van der Waals surface area (Å²) < 4.78 is 23.7. The molecule has 23 heavy (non-hydrogen) atoms. The number of hydrogen-bond donors (Lipinski definition) is 1. The van der Waals surface area contributed by atoms with E-state index in [0.29, 0.717) is 19.0 Å². The van der Waals surface area contributed by atoms with Gasteiger partial charge in [-0.1, -0.05) is 25.3 Å². The van der Waals surface area contributed by atoms with Gasteiger partial charge < -0.3 is 10.2 Å². The fraction of sp³-hybridized carbons (Fsp3) is 0.688. The Bertz CT molecular complexity index is 622. The zero-order chi connectivity index (χ0) is 16.3. The summed E-state index contributed by atoms with van der Waals surface area (Å²) in [6.07, 6.45) is 6.82. The van der Waals surface area contributed by atoms with Crippen LogP contribution in [0.5, 0.6) is 0 Å². The van der Waals surface area contributed by atoms with Crippen molar-refractivity contribution >= 4 is 38.5 Å². The Hall–Kier alpha value is -0.660. The Morgan fingerprint density at radius 3 is 2.70 bits per heavy atom. The summed E-state index contributed by atoms with van der Waals surface area (Å²) >= 11 is 7.36. The molecule has 0 aromatic carbocycles. The van der Waals surface area contributed by atoms with Gasteiger partial charge in [0.15, 0.2) is 14.9 Å². The van der Waals surface area contributed by atoms with Crippen molar-refractivity contribution in [2.45, 2.75) is 57.2 Å². The maximum absolute atomic E-state index is 11.9. The molecule has 1 saturated heterocycles. The first-order valence-corrected chi connectivity index (χ1v) is 11.4. The molecule has 1 atom stereocenters. The lowest BCUT2D eigenvalue weighted by atomic mass is 9.96. The number of nitrogens with one attached hydrogen (secondary N) is 1. The Balaban J connectivity index is 1.70. The molecule has 128 valence electrons. The largest absolute Gasteiger partial charge is 0.360 e. The summed E-state index contributed by atoms with van der Waals surface area (Å²) in [5.41, 5.74) is 0. The molecule has 0 bridgehead atoms. The molecule has 7 heteroatoms. The lowest BCUT2D eigenvalue weighted by Crippen LogP contribution is -2.49. The Kier molecular flexibility index (Phi) is 5.59. The van der Waals surface area contributed by atoms with E-state index < -0.39 is 9.84 Å². The molecule has 1 saturated carbocycles. The molecule has 3 rings (SSSR count). The lowest BCUT2D eigenvalue weighted by Gasteiger charge is -2.34. The van der Waals surface area contributed by atoms with Gasteiger partial charge in [-0.25, -0.2) is 8.42 Å². The Morgan fingerprint density at radius 2 is 2.09 bits per heavy atom. The summed E-state index contributed by atoms with van der Waals surface area (Å²) in [4.78, 5) is 3.34. The van der Waals surface area contributed by atoms with Crippen molar-refractivity contribution in [2.75, 3.05) is 11.5 Å². The van der Waals surface area contributed by atoms with Gasteiger partial charge in [-0.15, -0.1) is 11.3 Å². The highest BCUT2D eigenvalue weighted by atomic mass is 32.2. The smallest absolute Gasteiger partial charge is 0.169 e. The molecule has 4 nitrogen and oxygen atoms in total. The SMILES string of the molecule is O=S1(=O)CC[C@H](N(Cc2cccs2)C(=S)NC2CCCCC2)C1. The van der Waals surface area contributed by atoms with Gasteiger partial charge in [0, 0.05) is 17.0 Å². The first-order valence-electron chi connectivity index (χ1n) is 8.33. The monoisotopic (exact) mass is 372 g/mol. The minimum atomic E-state index is -2.91. The minimum Gasteiger partial charge on any atom is -0.360 e. The molecule has 1 aromatic heterocycles. The van der Waals surface area contributed by atoms with Gasteiger partial charge in [0.1, 0.15) is 0 Å². The number of sulfone groups is 1. The van der Waals surface area contributed by atoms with Crippen LogP contribution in [0.4, 0.5) is 0 Å². The molecule has 1 aromatic rings. The van der Waals surface area contributed by atoms with Gasteiger partial charge in [0.25, 0.3) is 0 Å². The molecule has 0 unspecified atom stereocenters. The van der Waals surface area contributed by atoms with Crippen LogP contribution >= 0.6 is 23.6 Å². The second kappa shape index (κ2) is 7.49. The zero-order valence-corrected chi connectivity index (χ0v) is 15.7. The van der Waals surface area contributed by atoms with Crippen molar-refractivity contribution in [2.24, 2.45) is 0 Å². The molecule has 1 aliphatic carbocycles. The Labute approximate surface area is 148 Å². The second-order valence-corrected chi connectivity index (χ2v) is 10.2. The van der Waals surface area contributed by atoms with Crippen molar-refractivity contribution in [1.29, 1.82) is 0 Å². The number of thiocarbonyl (C=S) groups is 1. The van der Waals surface area contributed by atoms with Gasteiger partial charge in [0.2, 0.25) is 0 Å². The van der Waals surface area contributed by atoms with E-state index in [4.69, 9.17) is 12.2 Å². The minimum absolute atomic E-state index is 0.00527. The first kappa shape index (κ1) is 17.2. The van der Waals surface area contributed by atoms with Crippen molar-refractivity contribution in [3.63, 3.8) is 0 Å². The molecule has 0 spiro atoms. The number of nitrogens with zero attached hydrogens (tertiary/aromatic N) is 1. The third-order valence-electron chi connectivity index (χ3n) is 4.75. The number of hydrogen-bond acceptors (Lipinski definition) is 4. The quantitative estimate of drug-likeness (QED) is 0.824. The van der Waals surface area contributed by atoms with Gasteiger partial charge in [-0.3, -0.25) is 0 Å². The highest BCUT2D eigenvalue weighted by molar-refractivity contribution is 7.91. The average Bonchev–Trinajstić information content (AvgIpc) is 3.15. The maximum Gasteiger partial charge on any atom is 0.169 e. The molecule has 2 fully saturated rings. The second-order valence-electron chi connectivity index (χ2n) is 6.55. The van der Waals surface area contributed by atoms with Gasteiger partial charge in [0.05, 0.1) is 18.1 Å². The zero-order valence-electron chi connectivity index (χ0n) is 13.2. The summed E-state index contributed by atoms with van der Waals surface area (Å²) in [6, 6.07) is 4.57. The fourth-order valence-corrected chi connectivity index (χ4v) is 6.28. The van der Waals surface area contributed by atoms with Gasteiger partial charge >= 0.3 is 0 Å². The topological polar surface area (TPSA) is 49.4 Å². The van der Waals surface area contributed by atoms with Crippen molar-refractivity contribution in [1.82, 2.24) is 10.2 Å². The molecule has 1 N–H and O–H groups in total. The molecule has 2 aliphatic rings. The first-order chi connectivity index (χ1) is 11.0. The van der Waals surface area contributed by atoms with Crippen molar-refractivity contribution in [3.8, 4) is 0 Å². The predicted molar refractivity (Wildman–Crippen MR) is 99.5 cm³/mol. The van der Waals surface area contributed by atoms with Crippen LogP contribution in [0.3, 0.4) is 0 Å². The molecule has 2 heterocycles. The van der Waals surface area contributed by atoms with E-state index in [-0.39, 0.29) is 17.5 Å². The lowest BCUT2D eigenvalue weighted by molar-refractivity contribution is 0.312. The van der Waals surface area contributed by atoms with E-state index in [1.165, 1.54) is 24.1 Å². The van der Waals surface area contributed by atoms with Crippen molar-refractivity contribution < 1.29 is 8.42 Å². The summed E-state index contributed by atoms with van der Waals surface area (Å²) in [7, 11) is -2.91. The molecule has 0 radical (unpaired) electrons. The van der Waals surface area contributed by atoms with Crippen LogP contribution in [0.15, 0.2) is 17.5 Å². The standard InChI is InChI=1S/C16H24N2O2S3/c19-23(20)10-8-14(12-23)18(11-15-7-4-9-22-15)16(21)17-13-5-2-1-3-6-13/h4,7,9,13-14H,1-3,5-6,8,10-12H2,(H,17,21)/t14-/m0/s1. The summed E-state index contributed by atoms with van der Waals surface area (Å²) in [5, 5.41) is 6.28. The van der Waals surface area contributed by atoms with E-state index in [2.05, 4.69) is 21.7 Å². The van der Waals surface area contributed by atoms with Crippen LogP contribution in [0.2, 0.25) is 0 Å². The van der Waals surface area contributed by atoms with Crippen LogP contribution < -0.4 is 5.32 Å². The summed E-state index contributed by atoms with van der Waals surface area (Å²) in [5.74, 6) is 0.509. The van der Waals surface area contributed by atoms with Gasteiger partial charge in [-0.2, -0.15) is 0 Å². The van der Waals surface area contributed by atoms with E-state index in [1.54, 1.807) is 11.3 Å². The maximum atomic E-state index is 11.9. The van der Waals surface area contributed by atoms with E-state index >= 15 is 0 Å². The number of thiophene rings is 1. The predicted octanol–water partition coefficient (Wildman–Crippen LogP) is 2.94. The van der Waals surface area contributed by atoms with Gasteiger partial charge in [-0.05, 0) is 42.9 Å². The van der Waals surface area contributed by atoms with E-state index in [9.17, 15) is 8.42 Å². The highest BCUT2D eigenvalue weighted by Gasteiger charge is 2.34. The van der Waals surface area contributed by atoms with Crippen LogP contribution in [0.1, 0.15) is 43.4 Å². The van der Waals surface area contributed by atoms with Crippen LogP contribution in [-0.4, -0.2) is 42.0 Å². The summed E-state index contributed by atoms with van der Waals surface area (Å²) in [6.45, 7) is 0.705. The molecule has 0 amide bonds. The Morgan fingerprint density at radius 1 is 1.30 bits per heavy atom. The van der Waals surface area contributed by atoms with Crippen LogP contribution in [0.25, 0.3) is 0 Å². The third kappa shape index (κ3) is 4.67. The highest BCUT2D eigenvalue weighted by Crippen LogP contribution is 2.23. The number of rotatable bonds is 4.